The summed E-state index contributed by atoms with van der Waals surface area (Å²) in [6.45, 7) is 2.86. The molecule has 1 N–H and O–H groups in total. The van der Waals surface area contributed by atoms with Gasteiger partial charge in [-0.05, 0) is 25.0 Å². The van der Waals surface area contributed by atoms with Gasteiger partial charge in [0.2, 0.25) is 0 Å². The zero-order valence-corrected chi connectivity index (χ0v) is 13.7. The summed E-state index contributed by atoms with van der Waals surface area (Å²) in [7, 11) is 3.84. The highest BCUT2D eigenvalue weighted by Gasteiger charge is 2.32. The molecule has 0 atom stereocenters. The second kappa shape index (κ2) is 6.44. The van der Waals surface area contributed by atoms with Gasteiger partial charge in [-0.1, -0.05) is 0 Å². The monoisotopic (exact) mass is 317 g/mol. The molecule has 2 aliphatic rings. The van der Waals surface area contributed by atoms with Crippen molar-refractivity contribution >= 4 is 17.8 Å². The van der Waals surface area contributed by atoms with Crippen molar-refractivity contribution in [1.29, 1.82) is 0 Å². The van der Waals surface area contributed by atoms with Gasteiger partial charge in [0.15, 0.2) is 0 Å². The molecule has 1 aromatic rings. The molecule has 0 unspecified atom stereocenters. The summed E-state index contributed by atoms with van der Waals surface area (Å²) in [6.07, 6.45) is 3.31. The Morgan fingerprint density at radius 2 is 2.00 bits per heavy atom. The topological polar surface area (TPSA) is 68.8 Å². The van der Waals surface area contributed by atoms with E-state index in [1.54, 1.807) is 6.20 Å². The number of pyridine rings is 1. The Kier molecular flexibility index (Phi) is 4.36. The average Bonchev–Trinajstić information content (AvgIpc) is 3.00. The number of urea groups is 1. The van der Waals surface area contributed by atoms with E-state index in [0.29, 0.717) is 18.7 Å². The number of aromatic nitrogens is 1. The molecule has 0 aromatic carbocycles. The molecule has 2 aliphatic heterocycles. The van der Waals surface area contributed by atoms with Gasteiger partial charge in [0, 0.05) is 52.5 Å². The Labute approximate surface area is 136 Å². The third-order valence-electron chi connectivity index (χ3n) is 4.54. The Bertz CT molecular complexity index is 579. The Hall–Kier alpha value is -2.31. The maximum absolute atomic E-state index is 12.6. The van der Waals surface area contributed by atoms with Crippen molar-refractivity contribution in [2.24, 2.45) is 0 Å². The first-order valence-corrected chi connectivity index (χ1v) is 8.03. The third-order valence-corrected chi connectivity index (χ3v) is 4.54. The van der Waals surface area contributed by atoms with Crippen molar-refractivity contribution < 1.29 is 9.59 Å². The van der Waals surface area contributed by atoms with Crippen molar-refractivity contribution in [2.75, 3.05) is 45.2 Å². The third kappa shape index (κ3) is 3.23. The molecule has 124 valence electrons. The fourth-order valence-electron chi connectivity index (χ4n) is 3.18. The fraction of sp³-hybridized carbons (Fsp3) is 0.562. The Balaban J connectivity index is 1.58. The van der Waals surface area contributed by atoms with Gasteiger partial charge >= 0.3 is 6.03 Å². The summed E-state index contributed by atoms with van der Waals surface area (Å²) >= 11 is 0. The number of carbonyl (C=O) groups excluding carboxylic acids is 2. The first kappa shape index (κ1) is 15.6. The molecule has 0 bridgehead atoms. The van der Waals surface area contributed by atoms with Crippen molar-refractivity contribution in [3.05, 3.63) is 23.9 Å². The summed E-state index contributed by atoms with van der Waals surface area (Å²) in [6, 6.07) is 3.95. The Morgan fingerprint density at radius 3 is 2.52 bits per heavy atom. The van der Waals surface area contributed by atoms with Gasteiger partial charge in [-0.25, -0.2) is 9.78 Å². The maximum Gasteiger partial charge on any atom is 0.317 e. The van der Waals surface area contributed by atoms with Crippen molar-refractivity contribution in [1.82, 2.24) is 20.1 Å². The van der Waals surface area contributed by atoms with Gasteiger partial charge in [0.25, 0.3) is 5.91 Å². The van der Waals surface area contributed by atoms with Crippen LogP contribution in [-0.2, 0) is 0 Å². The van der Waals surface area contributed by atoms with E-state index in [4.69, 9.17) is 0 Å². The molecule has 0 spiro atoms. The van der Waals surface area contributed by atoms with Crippen LogP contribution in [0.25, 0.3) is 0 Å². The van der Waals surface area contributed by atoms with Crippen LogP contribution >= 0.6 is 0 Å². The molecule has 0 aliphatic carbocycles. The van der Waals surface area contributed by atoms with Crippen LogP contribution < -0.4 is 10.2 Å². The van der Waals surface area contributed by atoms with E-state index >= 15 is 0 Å². The molecule has 3 heterocycles. The normalized spacial score (nSPS) is 19.0. The van der Waals surface area contributed by atoms with E-state index < -0.39 is 0 Å². The van der Waals surface area contributed by atoms with Crippen molar-refractivity contribution in [3.63, 3.8) is 0 Å². The molecule has 7 nitrogen and oxygen atoms in total. The lowest BCUT2D eigenvalue weighted by atomic mass is 10.0. The van der Waals surface area contributed by atoms with Crippen LogP contribution in [0.1, 0.15) is 23.2 Å². The number of amides is 3. The van der Waals surface area contributed by atoms with E-state index in [2.05, 4.69) is 10.3 Å². The number of piperidine rings is 1. The van der Waals surface area contributed by atoms with Gasteiger partial charge in [-0.2, -0.15) is 0 Å². The summed E-state index contributed by atoms with van der Waals surface area (Å²) in [4.78, 5) is 34.2. The van der Waals surface area contributed by atoms with Crippen LogP contribution in [0.5, 0.6) is 0 Å². The first-order chi connectivity index (χ1) is 11.1. The molecule has 2 saturated heterocycles. The van der Waals surface area contributed by atoms with E-state index in [9.17, 15) is 9.59 Å². The summed E-state index contributed by atoms with van der Waals surface area (Å²) in [5.74, 6) is 0.854. The minimum Gasteiger partial charge on any atom is -0.363 e. The van der Waals surface area contributed by atoms with Gasteiger partial charge in [0.05, 0.1) is 5.56 Å². The molecule has 7 heteroatoms. The lowest BCUT2D eigenvalue weighted by molar-refractivity contribution is 0.0666. The van der Waals surface area contributed by atoms with Crippen molar-refractivity contribution in [2.45, 2.75) is 18.9 Å². The number of likely N-dealkylation sites (tertiary alicyclic amines) is 1. The highest BCUT2D eigenvalue weighted by Crippen LogP contribution is 2.20. The number of nitrogens with zero attached hydrogens (tertiary/aromatic N) is 4. The summed E-state index contributed by atoms with van der Waals surface area (Å²) in [5, 5.41) is 2.84. The number of hydrogen-bond acceptors (Lipinski definition) is 4. The van der Waals surface area contributed by atoms with Crippen LogP contribution in [0.4, 0.5) is 10.6 Å². The van der Waals surface area contributed by atoms with Crippen LogP contribution in [0.2, 0.25) is 0 Å². The molecule has 0 saturated carbocycles. The molecule has 3 amide bonds. The lowest BCUT2D eigenvalue weighted by Crippen LogP contribution is -2.47. The van der Waals surface area contributed by atoms with E-state index in [-0.39, 0.29) is 18.0 Å². The van der Waals surface area contributed by atoms with Gasteiger partial charge in [-0.3, -0.25) is 4.79 Å². The summed E-state index contributed by atoms with van der Waals surface area (Å²) < 4.78 is 0. The largest absolute Gasteiger partial charge is 0.363 e. The van der Waals surface area contributed by atoms with Crippen molar-refractivity contribution in [3.8, 4) is 0 Å². The number of rotatable bonds is 3. The minimum absolute atomic E-state index is 0.0205. The maximum atomic E-state index is 12.6. The second-order valence-electron chi connectivity index (χ2n) is 6.25. The van der Waals surface area contributed by atoms with Gasteiger partial charge < -0.3 is 20.0 Å². The predicted molar refractivity (Wildman–Crippen MR) is 87.6 cm³/mol. The smallest absolute Gasteiger partial charge is 0.317 e. The van der Waals surface area contributed by atoms with Gasteiger partial charge in [-0.15, -0.1) is 0 Å². The molecular formula is C16H23N5O2. The quantitative estimate of drug-likeness (QED) is 0.894. The standard InChI is InChI=1S/C16H23N5O2/c1-19(2)14-4-3-12(11-18-14)15(22)20-8-5-13(6-9-20)21-10-7-17-16(21)23/h3-4,11,13H,5-10H2,1-2H3,(H,17,23). The zero-order chi connectivity index (χ0) is 16.4. The van der Waals surface area contributed by atoms with E-state index in [1.807, 2.05) is 40.9 Å². The average molecular weight is 317 g/mol. The molecule has 3 rings (SSSR count). The van der Waals surface area contributed by atoms with Crippen LogP contribution in [-0.4, -0.2) is 73.0 Å². The second-order valence-corrected chi connectivity index (χ2v) is 6.25. The number of carbonyl (C=O) groups is 2. The van der Waals surface area contributed by atoms with Gasteiger partial charge in [0.1, 0.15) is 5.82 Å². The predicted octanol–water partition coefficient (Wildman–Crippen LogP) is 0.777. The first-order valence-electron chi connectivity index (χ1n) is 8.03. The fourth-order valence-corrected chi connectivity index (χ4v) is 3.18. The SMILES string of the molecule is CN(C)c1ccc(C(=O)N2CCC(N3CCNC3=O)CC2)cn1. The molecule has 2 fully saturated rings. The van der Waals surface area contributed by atoms with Crippen LogP contribution in [0, 0.1) is 0 Å². The number of hydrogen-bond donors (Lipinski definition) is 1. The molecule has 23 heavy (non-hydrogen) atoms. The van der Waals surface area contributed by atoms with E-state index in [0.717, 1.165) is 31.7 Å². The van der Waals surface area contributed by atoms with E-state index in [1.165, 1.54) is 0 Å². The van der Waals surface area contributed by atoms with Crippen LogP contribution in [0.3, 0.4) is 0 Å². The lowest BCUT2D eigenvalue weighted by Gasteiger charge is -2.36. The Morgan fingerprint density at radius 1 is 1.26 bits per heavy atom. The number of anilines is 1. The summed E-state index contributed by atoms with van der Waals surface area (Å²) in [5.41, 5.74) is 0.618. The number of nitrogens with one attached hydrogen (secondary N) is 1. The highest BCUT2D eigenvalue weighted by atomic mass is 16.2. The minimum atomic E-state index is 0.0205. The highest BCUT2D eigenvalue weighted by molar-refractivity contribution is 5.94. The molecule has 0 radical (unpaired) electrons. The van der Waals surface area contributed by atoms with Crippen LogP contribution in [0.15, 0.2) is 18.3 Å². The zero-order valence-electron chi connectivity index (χ0n) is 13.7. The molecule has 1 aromatic heterocycles. The molecular weight excluding hydrogens is 294 g/mol.